The number of ether oxygens (including phenoxy) is 1. The van der Waals surface area contributed by atoms with E-state index in [1.54, 1.807) is 18.2 Å². The fraction of sp³-hybridized carbons (Fsp3) is 0.667. The minimum Gasteiger partial charge on any atom is -0.493 e. The minimum absolute atomic E-state index is 0.152. The van der Waals surface area contributed by atoms with Gasteiger partial charge in [0.25, 0.3) is 5.91 Å². The Bertz CT molecular complexity index is 575. The average Bonchev–Trinajstić information content (AvgIpc) is 2.74. The molecule has 1 aromatic rings. The first-order chi connectivity index (χ1) is 14.2. The van der Waals surface area contributed by atoms with E-state index in [4.69, 9.17) is 4.74 Å². The Balaban J connectivity index is 2.09. The third kappa shape index (κ3) is 12.2. The molecule has 2 amide bonds. The summed E-state index contributed by atoms with van der Waals surface area (Å²) in [6.07, 6.45) is 15.0. The van der Waals surface area contributed by atoms with Crippen molar-refractivity contribution >= 4 is 11.8 Å². The number of hydrogen-bond acceptors (Lipinski definition) is 3. The molecular weight excluding hydrogens is 364 g/mol. The zero-order chi connectivity index (χ0) is 21.2. The Kier molecular flexibility index (Phi) is 14.5. The van der Waals surface area contributed by atoms with Gasteiger partial charge in [-0.2, -0.15) is 0 Å². The molecule has 0 saturated heterocycles. The molecular formula is C24H40N2O3. The molecule has 0 heterocycles. The minimum atomic E-state index is -0.357. The van der Waals surface area contributed by atoms with Crippen LogP contribution in [0.3, 0.4) is 0 Å². The topological polar surface area (TPSA) is 67.4 Å². The molecule has 164 valence electrons. The van der Waals surface area contributed by atoms with Crippen LogP contribution in [-0.4, -0.2) is 18.4 Å². The fourth-order valence-corrected chi connectivity index (χ4v) is 3.20. The zero-order valence-electron chi connectivity index (χ0n) is 18.4. The number of amides is 2. The van der Waals surface area contributed by atoms with Crippen LogP contribution in [0.4, 0.5) is 0 Å². The lowest BCUT2D eigenvalue weighted by molar-refractivity contribution is -0.122. The summed E-state index contributed by atoms with van der Waals surface area (Å²) in [5, 5.41) is 0. The standard InChI is InChI=1S/C24H40N2O3/c1-3-5-6-7-8-9-10-11-12-13-14-19-23(27)25-26-24(28)21-17-15-16-18-22(21)29-20-4-2/h15-18H,3-14,19-20H2,1-2H3,(H,25,27)(H,26,28). The van der Waals surface area contributed by atoms with Gasteiger partial charge in [-0.05, 0) is 25.0 Å². The van der Waals surface area contributed by atoms with Gasteiger partial charge >= 0.3 is 0 Å². The van der Waals surface area contributed by atoms with E-state index in [1.807, 2.05) is 13.0 Å². The Morgan fingerprint density at radius 2 is 1.34 bits per heavy atom. The van der Waals surface area contributed by atoms with Crippen LogP contribution in [-0.2, 0) is 4.79 Å². The molecule has 0 aliphatic rings. The van der Waals surface area contributed by atoms with Crippen LogP contribution in [0.1, 0.15) is 108 Å². The van der Waals surface area contributed by atoms with Gasteiger partial charge in [0.1, 0.15) is 5.75 Å². The number of unbranched alkanes of at least 4 members (excludes halogenated alkanes) is 10. The van der Waals surface area contributed by atoms with E-state index in [-0.39, 0.29) is 11.8 Å². The van der Waals surface area contributed by atoms with E-state index >= 15 is 0 Å². The molecule has 0 unspecified atom stereocenters. The first-order valence-corrected chi connectivity index (χ1v) is 11.5. The van der Waals surface area contributed by atoms with Crippen LogP contribution < -0.4 is 15.6 Å². The first kappa shape index (κ1) is 25.0. The maximum Gasteiger partial charge on any atom is 0.273 e. The number of hydrogen-bond donors (Lipinski definition) is 2. The van der Waals surface area contributed by atoms with E-state index in [0.29, 0.717) is 24.3 Å². The fourth-order valence-electron chi connectivity index (χ4n) is 3.20. The summed E-state index contributed by atoms with van der Waals surface area (Å²) in [7, 11) is 0. The molecule has 0 saturated carbocycles. The number of carbonyl (C=O) groups is 2. The highest BCUT2D eigenvalue weighted by Crippen LogP contribution is 2.17. The third-order valence-corrected chi connectivity index (χ3v) is 4.92. The summed E-state index contributed by atoms with van der Waals surface area (Å²) in [6.45, 7) is 4.81. The molecule has 0 fully saturated rings. The van der Waals surface area contributed by atoms with Gasteiger partial charge in [-0.25, -0.2) is 0 Å². The maximum atomic E-state index is 12.3. The molecule has 1 aromatic carbocycles. The lowest BCUT2D eigenvalue weighted by Gasteiger charge is -2.11. The van der Waals surface area contributed by atoms with Gasteiger partial charge in [0.2, 0.25) is 5.91 Å². The number of nitrogens with one attached hydrogen (secondary N) is 2. The normalized spacial score (nSPS) is 10.6. The molecule has 5 nitrogen and oxygen atoms in total. The molecule has 0 aliphatic heterocycles. The summed E-state index contributed by atoms with van der Waals surface area (Å²) in [5.74, 6) is 0.0247. The largest absolute Gasteiger partial charge is 0.493 e. The molecule has 0 aromatic heterocycles. The van der Waals surface area contributed by atoms with Crippen LogP contribution in [0.2, 0.25) is 0 Å². The van der Waals surface area contributed by atoms with E-state index < -0.39 is 0 Å². The van der Waals surface area contributed by atoms with Gasteiger partial charge in [0, 0.05) is 6.42 Å². The Hall–Kier alpha value is -2.04. The van der Waals surface area contributed by atoms with Crippen molar-refractivity contribution in [2.24, 2.45) is 0 Å². The van der Waals surface area contributed by atoms with Crippen molar-refractivity contribution in [2.75, 3.05) is 6.61 Å². The Labute approximate surface area is 177 Å². The van der Waals surface area contributed by atoms with E-state index in [0.717, 1.165) is 19.3 Å². The molecule has 0 spiro atoms. The highest BCUT2D eigenvalue weighted by Gasteiger charge is 2.12. The Morgan fingerprint density at radius 1 is 0.759 bits per heavy atom. The summed E-state index contributed by atoms with van der Waals surface area (Å²) >= 11 is 0. The molecule has 0 atom stereocenters. The van der Waals surface area contributed by atoms with Crippen molar-refractivity contribution in [2.45, 2.75) is 97.3 Å². The number of carbonyl (C=O) groups excluding carboxylic acids is 2. The lowest BCUT2D eigenvalue weighted by Crippen LogP contribution is -2.41. The third-order valence-electron chi connectivity index (χ3n) is 4.92. The smallest absolute Gasteiger partial charge is 0.273 e. The zero-order valence-corrected chi connectivity index (χ0v) is 18.4. The van der Waals surface area contributed by atoms with Gasteiger partial charge in [-0.3, -0.25) is 20.4 Å². The monoisotopic (exact) mass is 404 g/mol. The van der Waals surface area contributed by atoms with Crippen LogP contribution in [0.15, 0.2) is 24.3 Å². The number of para-hydroxylation sites is 1. The van der Waals surface area contributed by atoms with Crippen molar-refractivity contribution < 1.29 is 14.3 Å². The molecule has 0 aliphatic carbocycles. The maximum absolute atomic E-state index is 12.3. The molecule has 1 rings (SSSR count). The van der Waals surface area contributed by atoms with E-state index in [2.05, 4.69) is 17.8 Å². The van der Waals surface area contributed by atoms with Gasteiger partial charge in [0.15, 0.2) is 0 Å². The summed E-state index contributed by atoms with van der Waals surface area (Å²) in [6, 6.07) is 7.06. The predicted molar refractivity (Wildman–Crippen MR) is 119 cm³/mol. The number of benzene rings is 1. The van der Waals surface area contributed by atoms with Crippen molar-refractivity contribution in [3.8, 4) is 5.75 Å². The van der Waals surface area contributed by atoms with Gasteiger partial charge < -0.3 is 4.74 Å². The van der Waals surface area contributed by atoms with Crippen LogP contribution in [0.25, 0.3) is 0 Å². The second kappa shape index (κ2) is 16.9. The van der Waals surface area contributed by atoms with Gasteiger partial charge in [0.05, 0.1) is 12.2 Å². The second-order valence-corrected chi connectivity index (χ2v) is 7.63. The van der Waals surface area contributed by atoms with Crippen molar-refractivity contribution in [3.05, 3.63) is 29.8 Å². The molecule has 0 radical (unpaired) electrons. The highest BCUT2D eigenvalue weighted by atomic mass is 16.5. The highest BCUT2D eigenvalue weighted by molar-refractivity contribution is 5.97. The molecule has 5 heteroatoms. The van der Waals surface area contributed by atoms with Crippen molar-refractivity contribution in [1.29, 1.82) is 0 Å². The first-order valence-electron chi connectivity index (χ1n) is 11.5. The van der Waals surface area contributed by atoms with Crippen molar-refractivity contribution in [3.63, 3.8) is 0 Å². The molecule has 29 heavy (non-hydrogen) atoms. The number of rotatable bonds is 16. The SMILES string of the molecule is CCCCCCCCCCCCCC(=O)NNC(=O)c1ccccc1OCCC. The average molecular weight is 405 g/mol. The van der Waals surface area contributed by atoms with E-state index in [1.165, 1.54) is 57.8 Å². The number of hydrazine groups is 1. The van der Waals surface area contributed by atoms with Gasteiger partial charge in [-0.1, -0.05) is 90.2 Å². The second-order valence-electron chi connectivity index (χ2n) is 7.63. The van der Waals surface area contributed by atoms with Crippen LogP contribution >= 0.6 is 0 Å². The lowest BCUT2D eigenvalue weighted by atomic mass is 10.1. The van der Waals surface area contributed by atoms with Crippen LogP contribution in [0.5, 0.6) is 5.75 Å². The quantitative estimate of drug-likeness (QED) is 0.265. The van der Waals surface area contributed by atoms with Gasteiger partial charge in [-0.15, -0.1) is 0 Å². The predicted octanol–water partition coefficient (Wildman–Crippen LogP) is 5.94. The van der Waals surface area contributed by atoms with Crippen molar-refractivity contribution in [1.82, 2.24) is 10.9 Å². The Morgan fingerprint density at radius 3 is 1.97 bits per heavy atom. The summed E-state index contributed by atoms with van der Waals surface area (Å²) in [5.41, 5.74) is 5.42. The molecule has 2 N–H and O–H groups in total. The summed E-state index contributed by atoms with van der Waals surface area (Å²) < 4.78 is 5.58. The van der Waals surface area contributed by atoms with Crippen LogP contribution in [0, 0.1) is 0 Å². The summed E-state index contributed by atoms with van der Waals surface area (Å²) in [4.78, 5) is 24.2. The van der Waals surface area contributed by atoms with E-state index in [9.17, 15) is 9.59 Å². The molecule has 0 bridgehead atoms.